The second kappa shape index (κ2) is 57.9. The van der Waals surface area contributed by atoms with E-state index in [1.54, 1.807) is 0 Å². The van der Waals surface area contributed by atoms with Gasteiger partial charge in [0.1, 0.15) is 13.2 Å². The van der Waals surface area contributed by atoms with Crippen molar-refractivity contribution in [3.63, 3.8) is 0 Å². The molecule has 0 radical (unpaired) electrons. The number of rotatable bonds is 52. The van der Waals surface area contributed by atoms with Gasteiger partial charge in [0.05, 0.1) is 0 Å². The molecular weight excluding hydrogens is 865 g/mol. The summed E-state index contributed by atoms with van der Waals surface area (Å²) < 4.78 is 16.8. The van der Waals surface area contributed by atoms with Crippen molar-refractivity contribution in [1.82, 2.24) is 0 Å². The molecule has 0 saturated heterocycles. The zero-order valence-corrected chi connectivity index (χ0v) is 45.8. The average molecular weight is 974 g/mol. The van der Waals surface area contributed by atoms with Gasteiger partial charge in [-0.15, -0.1) is 0 Å². The molecule has 0 aliphatic heterocycles. The molecule has 0 N–H and O–H groups in total. The number of hydrogen-bond acceptors (Lipinski definition) is 6. The Morgan fingerprint density at radius 3 is 1.01 bits per heavy atom. The van der Waals surface area contributed by atoms with E-state index in [-0.39, 0.29) is 37.5 Å². The molecule has 0 spiro atoms. The third-order valence-electron chi connectivity index (χ3n) is 12.4. The summed E-state index contributed by atoms with van der Waals surface area (Å²) in [6.07, 6.45) is 76.9. The van der Waals surface area contributed by atoms with Gasteiger partial charge >= 0.3 is 17.9 Å². The molecule has 0 fully saturated rings. The molecule has 0 aromatic heterocycles. The van der Waals surface area contributed by atoms with Crippen LogP contribution >= 0.6 is 0 Å². The quantitative estimate of drug-likeness (QED) is 0.0199. The smallest absolute Gasteiger partial charge is 0.306 e. The first-order valence-corrected chi connectivity index (χ1v) is 29.3. The van der Waals surface area contributed by atoms with Crippen molar-refractivity contribution in [2.75, 3.05) is 13.2 Å². The summed E-state index contributed by atoms with van der Waals surface area (Å²) in [7, 11) is 0. The van der Waals surface area contributed by atoms with Gasteiger partial charge in [-0.2, -0.15) is 0 Å². The molecule has 0 rings (SSSR count). The summed E-state index contributed by atoms with van der Waals surface area (Å²) >= 11 is 0. The minimum atomic E-state index is -0.816. The van der Waals surface area contributed by atoms with Crippen molar-refractivity contribution in [3.05, 3.63) is 97.2 Å². The van der Waals surface area contributed by atoms with Gasteiger partial charge in [-0.25, -0.2) is 0 Å². The number of allylic oxidation sites excluding steroid dienone is 16. The van der Waals surface area contributed by atoms with E-state index in [0.717, 1.165) is 103 Å². The minimum absolute atomic E-state index is 0.105. The predicted molar refractivity (Wildman–Crippen MR) is 302 cm³/mol. The highest BCUT2D eigenvalue weighted by Crippen LogP contribution is 2.16. The third-order valence-corrected chi connectivity index (χ3v) is 12.4. The maximum absolute atomic E-state index is 12.8. The standard InChI is InChI=1S/C64H108O6/c1-4-7-10-13-16-19-22-25-28-31-34-36-39-42-45-48-51-54-57-63(66)69-60-61(70-64(67)58-55-52-49-46-43-40-37-33-30-27-24-21-18-15-12-9-6-3)59-68-62(65)56-53-50-47-44-41-38-35-32-29-26-23-20-17-14-11-8-5-2/h9,12,18,21-22,25,27-28,30-31,34,36-37,40,46,49,61H,4-8,10-11,13-17,19-20,23-24,26,29,32-33,35,38-39,41-45,47-48,50-60H2,1-3H3/b12-9-,21-18-,25-22-,30-27-,31-28-,36-34-,40-37-,49-46-. The summed E-state index contributed by atoms with van der Waals surface area (Å²) in [6, 6.07) is 0. The number of carbonyl (C=O) groups excluding carboxylic acids is 3. The highest BCUT2D eigenvalue weighted by molar-refractivity contribution is 5.71. The molecule has 0 aromatic carbocycles. The summed E-state index contributed by atoms with van der Waals surface area (Å²) in [6.45, 7) is 6.46. The van der Waals surface area contributed by atoms with Gasteiger partial charge in [0.2, 0.25) is 0 Å². The van der Waals surface area contributed by atoms with Crippen LogP contribution < -0.4 is 0 Å². The van der Waals surface area contributed by atoms with E-state index >= 15 is 0 Å². The van der Waals surface area contributed by atoms with E-state index in [1.165, 1.54) is 122 Å². The van der Waals surface area contributed by atoms with E-state index in [1.807, 2.05) is 0 Å². The highest BCUT2D eigenvalue weighted by atomic mass is 16.6. The number of unbranched alkanes of at least 4 members (excludes halogenated alkanes) is 27. The molecule has 0 amide bonds. The number of ether oxygens (including phenoxy) is 3. The Morgan fingerprint density at radius 2 is 0.629 bits per heavy atom. The number of esters is 3. The lowest BCUT2D eigenvalue weighted by Crippen LogP contribution is -2.30. The van der Waals surface area contributed by atoms with Crippen molar-refractivity contribution in [2.45, 2.75) is 277 Å². The fourth-order valence-corrected chi connectivity index (χ4v) is 8.01. The lowest BCUT2D eigenvalue weighted by molar-refractivity contribution is -0.167. The van der Waals surface area contributed by atoms with Gasteiger partial charge in [0.15, 0.2) is 6.10 Å². The zero-order chi connectivity index (χ0) is 50.7. The first kappa shape index (κ1) is 66.3. The van der Waals surface area contributed by atoms with Crippen LogP contribution in [0.15, 0.2) is 97.2 Å². The van der Waals surface area contributed by atoms with Crippen molar-refractivity contribution in [3.8, 4) is 0 Å². The van der Waals surface area contributed by atoms with Gasteiger partial charge < -0.3 is 14.2 Å². The number of hydrogen-bond donors (Lipinski definition) is 0. The second-order valence-electron chi connectivity index (χ2n) is 19.2. The van der Waals surface area contributed by atoms with Crippen LogP contribution in [0.5, 0.6) is 0 Å². The van der Waals surface area contributed by atoms with Gasteiger partial charge in [0.25, 0.3) is 0 Å². The van der Waals surface area contributed by atoms with Crippen LogP contribution in [0.25, 0.3) is 0 Å². The molecule has 0 bridgehead atoms. The molecule has 1 atom stereocenters. The van der Waals surface area contributed by atoms with Crippen molar-refractivity contribution >= 4 is 17.9 Å². The molecular formula is C64H108O6. The molecule has 0 aliphatic carbocycles. The van der Waals surface area contributed by atoms with Crippen LogP contribution in [0.1, 0.15) is 271 Å². The Labute approximate surface area is 432 Å². The summed E-state index contributed by atoms with van der Waals surface area (Å²) in [5, 5.41) is 0. The molecule has 0 saturated carbocycles. The van der Waals surface area contributed by atoms with Crippen LogP contribution in [0.4, 0.5) is 0 Å². The maximum atomic E-state index is 12.8. The first-order valence-electron chi connectivity index (χ1n) is 29.3. The maximum Gasteiger partial charge on any atom is 0.306 e. The normalized spacial score (nSPS) is 12.8. The molecule has 6 nitrogen and oxygen atoms in total. The highest BCUT2D eigenvalue weighted by Gasteiger charge is 2.19. The summed E-state index contributed by atoms with van der Waals surface area (Å²) in [5.74, 6) is -0.979. The zero-order valence-electron chi connectivity index (χ0n) is 45.8. The van der Waals surface area contributed by atoms with Gasteiger partial charge in [-0.1, -0.05) is 266 Å². The molecule has 0 aromatic rings. The lowest BCUT2D eigenvalue weighted by atomic mass is 10.0. The van der Waals surface area contributed by atoms with Crippen LogP contribution in [-0.2, 0) is 28.6 Å². The SMILES string of the molecule is CC/C=C\C/C=C\C/C=C\C/C=C\C/C=C\CCCC(=O)OC(COC(=O)CCCCCCC\C=C/C=C\C=C/CCCCCCC)COC(=O)CCCCCCCCCCCCCCCCCCC. The minimum Gasteiger partial charge on any atom is -0.462 e. The van der Waals surface area contributed by atoms with Crippen molar-refractivity contribution in [2.24, 2.45) is 0 Å². The Morgan fingerprint density at radius 1 is 0.314 bits per heavy atom. The van der Waals surface area contributed by atoms with Gasteiger partial charge in [0, 0.05) is 19.3 Å². The molecule has 1 unspecified atom stereocenters. The monoisotopic (exact) mass is 973 g/mol. The second-order valence-corrected chi connectivity index (χ2v) is 19.2. The van der Waals surface area contributed by atoms with Crippen LogP contribution in [0.3, 0.4) is 0 Å². The van der Waals surface area contributed by atoms with E-state index < -0.39 is 6.10 Å². The molecule has 70 heavy (non-hydrogen) atoms. The largest absolute Gasteiger partial charge is 0.462 e. The van der Waals surface area contributed by atoms with Crippen molar-refractivity contribution < 1.29 is 28.6 Å². The summed E-state index contributed by atoms with van der Waals surface area (Å²) in [5.41, 5.74) is 0. The first-order chi connectivity index (χ1) is 34.5. The van der Waals surface area contributed by atoms with Crippen LogP contribution in [0.2, 0.25) is 0 Å². The molecule has 0 aliphatic rings. The van der Waals surface area contributed by atoms with Crippen LogP contribution in [0, 0.1) is 0 Å². The Balaban J connectivity index is 4.50. The fraction of sp³-hybridized carbons (Fsp3) is 0.703. The van der Waals surface area contributed by atoms with Gasteiger partial charge in [-0.05, 0) is 83.5 Å². The Hall–Kier alpha value is -3.67. The van der Waals surface area contributed by atoms with E-state index in [2.05, 4.69) is 118 Å². The van der Waals surface area contributed by atoms with E-state index in [0.29, 0.717) is 19.3 Å². The molecule has 400 valence electrons. The lowest BCUT2D eigenvalue weighted by Gasteiger charge is -2.18. The topological polar surface area (TPSA) is 78.9 Å². The molecule has 0 heterocycles. The third kappa shape index (κ3) is 55.3. The Kier molecular flexibility index (Phi) is 54.9. The predicted octanol–water partition coefficient (Wildman–Crippen LogP) is 19.7. The average Bonchev–Trinajstić information content (AvgIpc) is 3.36. The van der Waals surface area contributed by atoms with Crippen molar-refractivity contribution in [1.29, 1.82) is 0 Å². The van der Waals surface area contributed by atoms with E-state index in [4.69, 9.17) is 14.2 Å². The van der Waals surface area contributed by atoms with Crippen LogP contribution in [-0.4, -0.2) is 37.2 Å². The summed E-state index contributed by atoms with van der Waals surface area (Å²) in [4.78, 5) is 38.2. The Bertz CT molecular complexity index is 1400. The van der Waals surface area contributed by atoms with Gasteiger partial charge in [-0.3, -0.25) is 14.4 Å². The van der Waals surface area contributed by atoms with E-state index in [9.17, 15) is 14.4 Å². The number of carbonyl (C=O) groups is 3. The molecule has 6 heteroatoms. The fourth-order valence-electron chi connectivity index (χ4n) is 8.01.